The third-order valence-electron chi connectivity index (χ3n) is 2.74. The van der Waals surface area contributed by atoms with Gasteiger partial charge in [0.2, 0.25) is 11.8 Å². The molecule has 1 rings (SSSR count). The molecule has 2 atom stereocenters. The maximum absolute atomic E-state index is 11.3. The standard InChI is InChI=1S/C11H19NO3/c1-7(2)4-5-15-6-9-8(3)10(13)12-11(9)14/h7-9H,4-6H2,1-3H3,(H,12,13,14). The second-order valence-corrected chi connectivity index (χ2v) is 4.51. The molecule has 0 aliphatic carbocycles. The molecule has 1 N–H and O–H groups in total. The van der Waals surface area contributed by atoms with Crippen LogP contribution in [0.1, 0.15) is 27.2 Å². The zero-order chi connectivity index (χ0) is 11.4. The first-order valence-corrected chi connectivity index (χ1v) is 5.44. The fraction of sp³-hybridized carbons (Fsp3) is 0.818. The predicted molar refractivity (Wildman–Crippen MR) is 56.1 cm³/mol. The molecule has 0 radical (unpaired) electrons. The Morgan fingerprint density at radius 3 is 2.47 bits per heavy atom. The lowest BCUT2D eigenvalue weighted by molar-refractivity contribution is -0.126. The van der Waals surface area contributed by atoms with Crippen molar-refractivity contribution in [1.29, 1.82) is 0 Å². The van der Waals surface area contributed by atoms with Gasteiger partial charge in [0.25, 0.3) is 0 Å². The van der Waals surface area contributed by atoms with E-state index in [1.807, 2.05) is 0 Å². The van der Waals surface area contributed by atoms with Gasteiger partial charge in [0, 0.05) is 12.5 Å². The fourth-order valence-electron chi connectivity index (χ4n) is 1.49. The number of carbonyl (C=O) groups is 2. The molecular formula is C11H19NO3. The van der Waals surface area contributed by atoms with E-state index in [0.29, 0.717) is 19.1 Å². The number of rotatable bonds is 5. The lowest BCUT2D eigenvalue weighted by Gasteiger charge is -2.12. The molecule has 1 fully saturated rings. The number of carbonyl (C=O) groups excluding carboxylic acids is 2. The zero-order valence-electron chi connectivity index (χ0n) is 9.58. The van der Waals surface area contributed by atoms with Crippen molar-refractivity contribution >= 4 is 11.8 Å². The predicted octanol–water partition coefficient (Wildman–Crippen LogP) is 0.958. The summed E-state index contributed by atoms with van der Waals surface area (Å²) in [5.74, 6) is -0.336. The van der Waals surface area contributed by atoms with E-state index in [4.69, 9.17) is 4.74 Å². The molecule has 0 aromatic heterocycles. The van der Waals surface area contributed by atoms with Gasteiger partial charge in [0.05, 0.1) is 12.5 Å². The van der Waals surface area contributed by atoms with Crippen molar-refractivity contribution in [3.8, 4) is 0 Å². The molecular weight excluding hydrogens is 194 g/mol. The molecule has 2 unspecified atom stereocenters. The van der Waals surface area contributed by atoms with Crippen molar-refractivity contribution in [3.05, 3.63) is 0 Å². The van der Waals surface area contributed by atoms with E-state index in [1.165, 1.54) is 0 Å². The zero-order valence-corrected chi connectivity index (χ0v) is 9.58. The van der Waals surface area contributed by atoms with Gasteiger partial charge in [-0.15, -0.1) is 0 Å². The van der Waals surface area contributed by atoms with Crippen LogP contribution >= 0.6 is 0 Å². The first-order chi connectivity index (χ1) is 7.02. The molecule has 0 bridgehead atoms. The second-order valence-electron chi connectivity index (χ2n) is 4.51. The highest BCUT2D eigenvalue weighted by molar-refractivity contribution is 6.04. The summed E-state index contributed by atoms with van der Waals surface area (Å²) in [6.45, 7) is 7.01. The highest BCUT2D eigenvalue weighted by Crippen LogP contribution is 2.18. The number of amides is 2. The van der Waals surface area contributed by atoms with Crippen molar-refractivity contribution in [2.24, 2.45) is 17.8 Å². The average Bonchev–Trinajstić information content (AvgIpc) is 2.37. The molecule has 0 aromatic carbocycles. The summed E-state index contributed by atoms with van der Waals surface area (Å²) in [5.41, 5.74) is 0. The van der Waals surface area contributed by atoms with Gasteiger partial charge < -0.3 is 4.74 Å². The number of hydrogen-bond acceptors (Lipinski definition) is 3. The Hall–Kier alpha value is -0.900. The van der Waals surface area contributed by atoms with E-state index in [0.717, 1.165) is 6.42 Å². The van der Waals surface area contributed by atoms with Crippen LogP contribution in [0.2, 0.25) is 0 Å². The van der Waals surface area contributed by atoms with Crippen LogP contribution in [0.3, 0.4) is 0 Å². The van der Waals surface area contributed by atoms with Crippen LogP contribution in [0.15, 0.2) is 0 Å². The summed E-state index contributed by atoms with van der Waals surface area (Å²) in [7, 11) is 0. The number of nitrogens with one attached hydrogen (secondary N) is 1. The lowest BCUT2D eigenvalue weighted by Crippen LogP contribution is -2.24. The minimum Gasteiger partial charge on any atom is -0.381 e. The van der Waals surface area contributed by atoms with Crippen molar-refractivity contribution in [2.45, 2.75) is 27.2 Å². The largest absolute Gasteiger partial charge is 0.381 e. The molecule has 1 saturated heterocycles. The first kappa shape index (κ1) is 12.2. The third-order valence-corrected chi connectivity index (χ3v) is 2.74. The summed E-state index contributed by atoms with van der Waals surface area (Å²) in [4.78, 5) is 22.5. The highest BCUT2D eigenvalue weighted by atomic mass is 16.5. The normalized spacial score (nSPS) is 26.1. The molecule has 4 nitrogen and oxygen atoms in total. The Kier molecular flexibility index (Phi) is 4.27. The van der Waals surface area contributed by atoms with Crippen molar-refractivity contribution in [1.82, 2.24) is 5.32 Å². The quantitative estimate of drug-likeness (QED) is 0.546. The number of hydrogen-bond donors (Lipinski definition) is 1. The summed E-state index contributed by atoms with van der Waals surface area (Å²) in [6, 6.07) is 0. The van der Waals surface area contributed by atoms with Crippen molar-refractivity contribution in [3.63, 3.8) is 0 Å². The molecule has 1 aliphatic rings. The lowest BCUT2D eigenvalue weighted by atomic mass is 9.98. The van der Waals surface area contributed by atoms with E-state index in [-0.39, 0.29) is 23.7 Å². The summed E-state index contributed by atoms with van der Waals surface area (Å²) >= 11 is 0. The Labute approximate surface area is 90.4 Å². The second kappa shape index (κ2) is 5.26. The fourth-order valence-corrected chi connectivity index (χ4v) is 1.49. The minimum atomic E-state index is -0.301. The van der Waals surface area contributed by atoms with Gasteiger partial charge in [-0.2, -0.15) is 0 Å². The average molecular weight is 213 g/mol. The Morgan fingerprint density at radius 2 is 2.00 bits per heavy atom. The molecule has 2 amide bonds. The topological polar surface area (TPSA) is 55.4 Å². The molecule has 86 valence electrons. The van der Waals surface area contributed by atoms with E-state index >= 15 is 0 Å². The smallest absolute Gasteiger partial charge is 0.232 e. The van der Waals surface area contributed by atoms with Crippen LogP contribution in [-0.2, 0) is 14.3 Å². The van der Waals surface area contributed by atoms with Crippen LogP contribution < -0.4 is 5.32 Å². The van der Waals surface area contributed by atoms with Gasteiger partial charge in [0.1, 0.15) is 0 Å². The first-order valence-electron chi connectivity index (χ1n) is 5.44. The molecule has 1 heterocycles. The number of imide groups is 1. The van der Waals surface area contributed by atoms with Gasteiger partial charge in [-0.25, -0.2) is 0 Å². The van der Waals surface area contributed by atoms with E-state index in [2.05, 4.69) is 19.2 Å². The summed E-state index contributed by atoms with van der Waals surface area (Å²) in [6.07, 6.45) is 0.983. The van der Waals surface area contributed by atoms with Gasteiger partial charge >= 0.3 is 0 Å². The summed E-state index contributed by atoms with van der Waals surface area (Å²) < 4.78 is 5.40. The Morgan fingerprint density at radius 1 is 1.33 bits per heavy atom. The van der Waals surface area contributed by atoms with Crippen LogP contribution in [-0.4, -0.2) is 25.0 Å². The molecule has 4 heteroatoms. The molecule has 0 aromatic rings. The monoisotopic (exact) mass is 213 g/mol. The maximum Gasteiger partial charge on any atom is 0.232 e. The number of ether oxygens (including phenoxy) is 1. The van der Waals surface area contributed by atoms with Crippen molar-refractivity contribution < 1.29 is 14.3 Å². The van der Waals surface area contributed by atoms with E-state index < -0.39 is 0 Å². The molecule has 1 aliphatic heterocycles. The molecule has 0 spiro atoms. The highest BCUT2D eigenvalue weighted by Gasteiger charge is 2.38. The SMILES string of the molecule is CC(C)CCOCC1C(=O)NC(=O)C1C. The third kappa shape index (κ3) is 3.30. The van der Waals surface area contributed by atoms with Crippen LogP contribution in [0.25, 0.3) is 0 Å². The minimum absolute atomic E-state index is 0.183. The van der Waals surface area contributed by atoms with Gasteiger partial charge in [-0.3, -0.25) is 14.9 Å². The van der Waals surface area contributed by atoms with Crippen molar-refractivity contribution in [2.75, 3.05) is 13.2 Å². The van der Waals surface area contributed by atoms with Gasteiger partial charge in [-0.1, -0.05) is 20.8 Å². The summed E-state index contributed by atoms with van der Waals surface area (Å²) in [5, 5.41) is 2.31. The van der Waals surface area contributed by atoms with Gasteiger partial charge in [-0.05, 0) is 12.3 Å². The molecule has 0 saturated carbocycles. The van der Waals surface area contributed by atoms with Gasteiger partial charge in [0.15, 0.2) is 0 Å². The van der Waals surface area contributed by atoms with Crippen LogP contribution in [0.4, 0.5) is 0 Å². The Balaban J connectivity index is 2.26. The van der Waals surface area contributed by atoms with E-state index in [9.17, 15) is 9.59 Å². The van der Waals surface area contributed by atoms with Crippen LogP contribution in [0.5, 0.6) is 0 Å². The maximum atomic E-state index is 11.3. The van der Waals surface area contributed by atoms with E-state index in [1.54, 1.807) is 6.92 Å². The van der Waals surface area contributed by atoms with Crippen LogP contribution in [0, 0.1) is 17.8 Å². The Bertz CT molecular complexity index is 250. The molecule has 15 heavy (non-hydrogen) atoms.